The molecule has 0 radical (unpaired) electrons. The summed E-state index contributed by atoms with van der Waals surface area (Å²) in [5.41, 5.74) is 4.10. The van der Waals surface area contributed by atoms with Gasteiger partial charge < -0.3 is 5.11 Å². The van der Waals surface area contributed by atoms with Crippen molar-refractivity contribution in [2.75, 3.05) is 6.26 Å². The molecule has 0 bridgehead atoms. The number of thioether (sulfide) groups is 1. The van der Waals surface area contributed by atoms with Gasteiger partial charge in [0.05, 0.1) is 4.92 Å². The molecule has 0 aliphatic carbocycles. The molecule has 4 nitrogen and oxygen atoms in total. The lowest BCUT2D eigenvalue weighted by molar-refractivity contribution is -0.384. The van der Waals surface area contributed by atoms with E-state index < -0.39 is 4.92 Å². The Balaban J connectivity index is 2.11. The summed E-state index contributed by atoms with van der Waals surface area (Å²) in [5, 5.41) is 23.8. The Bertz CT molecular complexity index is 984. The van der Waals surface area contributed by atoms with Crippen LogP contribution in [0.2, 0.25) is 0 Å². The van der Waals surface area contributed by atoms with Crippen LogP contribution in [0.3, 0.4) is 0 Å². The number of hydrogen-bond acceptors (Lipinski definition) is 4. The predicted octanol–water partition coefficient (Wildman–Crippen LogP) is 5.89. The summed E-state index contributed by atoms with van der Waals surface area (Å²) in [6.45, 7) is 0. The van der Waals surface area contributed by atoms with Crippen LogP contribution in [0.5, 0.6) is 5.75 Å². The first kappa shape index (κ1) is 18.7. The topological polar surface area (TPSA) is 63.4 Å². The molecule has 0 fully saturated rings. The summed E-state index contributed by atoms with van der Waals surface area (Å²) in [5.74, 6) is 0.123. The molecule has 0 amide bonds. The van der Waals surface area contributed by atoms with E-state index >= 15 is 0 Å². The Morgan fingerprint density at radius 1 is 1.04 bits per heavy atom. The quantitative estimate of drug-likeness (QED) is 0.429. The minimum atomic E-state index is -0.428. The van der Waals surface area contributed by atoms with E-state index in [4.69, 9.17) is 0 Å². The van der Waals surface area contributed by atoms with Crippen LogP contribution in [0.4, 0.5) is 5.69 Å². The van der Waals surface area contributed by atoms with Gasteiger partial charge in [0, 0.05) is 23.3 Å². The summed E-state index contributed by atoms with van der Waals surface area (Å²) in [6.07, 6.45) is 4.52. The minimum Gasteiger partial charge on any atom is -0.507 e. The molecule has 0 unspecified atom stereocenters. The smallest absolute Gasteiger partial charge is 0.270 e. The highest BCUT2D eigenvalue weighted by Crippen LogP contribution is 2.36. The number of rotatable bonds is 6. The Morgan fingerprint density at radius 3 is 2.52 bits per heavy atom. The number of nitro benzene ring substituents is 1. The Kier molecular flexibility index (Phi) is 5.94. The average molecular weight is 377 g/mol. The zero-order chi connectivity index (χ0) is 19.2. The maximum absolute atomic E-state index is 11.1. The van der Waals surface area contributed by atoms with Gasteiger partial charge in [-0.3, -0.25) is 10.1 Å². The molecule has 0 aliphatic rings. The second-order valence-corrected chi connectivity index (χ2v) is 6.83. The van der Waals surface area contributed by atoms with E-state index in [9.17, 15) is 15.2 Å². The zero-order valence-corrected chi connectivity index (χ0v) is 15.6. The predicted molar refractivity (Wildman–Crippen MR) is 112 cm³/mol. The summed E-state index contributed by atoms with van der Waals surface area (Å²) < 4.78 is 0. The van der Waals surface area contributed by atoms with Crippen molar-refractivity contribution in [3.05, 3.63) is 98.9 Å². The third kappa shape index (κ3) is 4.57. The van der Waals surface area contributed by atoms with E-state index in [1.807, 2.05) is 48.1 Å². The lowest BCUT2D eigenvalue weighted by Gasteiger charge is -2.12. The first-order valence-corrected chi connectivity index (χ1v) is 9.71. The van der Waals surface area contributed by atoms with Crippen LogP contribution in [0.15, 0.2) is 72.1 Å². The molecular formula is C22H19NO3S. The van der Waals surface area contributed by atoms with Crippen LogP contribution in [-0.2, 0) is 6.42 Å². The van der Waals surface area contributed by atoms with E-state index in [1.165, 1.54) is 12.1 Å². The molecule has 1 N–H and O–H groups in total. The van der Waals surface area contributed by atoms with E-state index in [1.54, 1.807) is 23.9 Å². The molecule has 3 rings (SSSR count). The summed E-state index contributed by atoms with van der Waals surface area (Å²) in [6, 6.07) is 20.3. The molecule has 3 aromatic rings. The van der Waals surface area contributed by atoms with Crippen LogP contribution in [0.1, 0.15) is 16.7 Å². The highest BCUT2D eigenvalue weighted by atomic mass is 32.2. The van der Waals surface area contributed by atoms with Gasteiger partial charge in [-0.05, 0) is 53.0 Å². The maximum Gasteiger partial charge on any atom is 0.270 e. The number of non-ortho nitro benzene ring substituents is 1. The SMILES string of the molecule is CS/C=C/c1cc(Cc2ccccc2)cc(-c2cccc([N+](=O)[O-])c2)c1O. The van der Waals surface area contributed by atoms with E-state index in [0.29, 0.717) is 23.1 Å². The van der Waals surface area contributed by atoms with E-state index in [-0.39, 0.29) is 11.4 Å². The van der Waals surface area contributed by atoms with Crippen molar-refractivity contribution in [2.24, 2.45) is 0 Å². The second-order valence-electron chi connectivity index (χ2n) is 6.09. The molecule has 0 saturated heterocycles. The van der Waals surface area contributed by atoms with Gasteiger partial charge in [-0.1, -0.05) is 42.5 Å². The van der Waals surface area contributed by atoms with Gasteiger partial charge >= 0.3 is 0 Å². The lowest BCUT2D eigenvalue weighted by Crippen LogP contribution is -1.93. The number of nitro groups is 1. The van der Waals surface area contributed by atoms with Gasteiger partial charge in [0.25, 0.3) is 5.69 Å². The summed E-state index contributed by atoms with van der Waals surface area (Å²) in [7, 11) is 0. The fourth-order valence-corrected chi connectivity index (χ4v) is 3.21. The van der Waals surface area contributed by atoms with Crippen molar-refractivity contribution in [3.8, 4) is 16.9 Å². The minimum absolute atomic E-state index is 0.00145. The zero-order valence-electron chi connectivity index (χ0n) is 14.8. The molecule has 5 heteroatoms. The van der Waals surface area contributed by atoms with Gasteiger partial charge in [-0.2, -0.15) is 0 Å². The Morgan fingerprint density at radius 2 is 1.81 bits per heavy atom. The van der Waals surface area contributed by atoms with Crippen molar-refractivity contribution in [1.82, 2.24) is 0 Å². The second kappa shape index (κ2) is 8.56. The van der Waals surface area contributed by atoms with Gasteiger partial charge in [0.15, 0.2) is 0 Å². The Labute approximate surface area is 162 Å². The van der Waals surface area contributed by atoms with Crippen LogP contribution >= 0.6 is 11.8 Å². The fraction of sp³-hybridized carbons (Fsp3) is 0.0909. The Hall–Kier alpha value is -3.05. The normalized spacial score (nSPS) is 11.0. The van der Waals surface area contributed by atoms with Crippen LogP contribution in [0.25, 0.3) is 17.2 Å². The van der Waals surface area contributed by atoms with Gasteiger partial charge in [0.2, 0.25) is 0 Å². The summed E-state index contributed by atoms with van der Waals surface area (Å²) in [4.78, 5) is 10.7. The van der Waals surface area contributed by atoms with Gasteiger partial charge in [-0.25, -0.2) is 0 Å². The van der Waals surface area contributed by atoms with Crippen molar-refractivity contribution in [3.63, 3.8) is 0 Å². The van der Waals surface area contributed by atoms with Crippen molar-refractivity contribution in [1.29, 1.82) is 0 Å². The fourth-order valence-electron chi connectivity index (χ4n) is 2.93. The number of hydrogen-bond donors (Lipinski definition) is 1. The molecular weight excluding hydrogens is 358 g/mol. The largest absolute Gasteiger partial charge is 0.507 e. The lowest BCUT2D eigenvalue weighted by atomic mass is 9.95. The highest BCUT2D eigenvalue weighted by molar-refractivity contribution is 8.01. The third-order valence-electron chi connectivity index (χ3n) is 4.20. The number of phenols is 1. The molecule has 0 heterocycles. The molecule has 3 aromatic carbocycles. The standard InChI is InChI=1S/C22H19NO3S/c1-27-11-10-19-13-17(12-16-6-3-2-4-7-16)14-21(22(19)24)18-8-5-9-20(15-18)23(25)26/h2-11,13-15,24H,12H2,1H3/b11-10+. The molecule has 0 saturated carbocycles. The average Bonchev–Trinajstić information content (AvgIpc) is 2.69. The first-order chi connectivity index (χ1) is 13.1. The first-order valence-electron chi connectivity index (χ1n) is 8.42. The molecule has 0 spiro atoms. The molecule has 0 atom stereocenters. The van der Waals surface area contributed by atoms with Crippen molar-refractivity contribution < 1.29 is 10.0 Å². The van der Waals surface area contributed by atoms with Gasteiger partial charge in [-0.15, -0.1) is 11.8 Å². The molecule has 136 valence electrons. The number of benzene rings is 3. The van der Waals surface area contributed by atoms with Crippen LogP contribution in [0, 0.1) is 10.1 Å². The van der Waals surface area contributed by atoms with E-state index in [2.05, 4.69) is 12.1 Å². The number of nitrogens with zero attached hydrogens (tertiary/aromatic N) is 1. The molecule has 27 heavy (non-hydrogen) atoms. The third-order valence-corrected chi connectivity index (χ3v) is 4.61. The van der Waals surface area contributed by atoms with Gasteiger partial charge in [0.1, 0.15) is 5.75 Å². The molecule has 0 aliphatic heterocycles. The monoisotopic (exact) mass is 377 g/mol. The molecule has 0 aromatic heterocycles. The highest BCUT2D eigenvalue weighted by Gasteiger charge is 2.14. The van der Waals surface area contributed by atoms with Crippen molar-refractivity contribution >= 4 is 23.5 Å². The van der Waals surface area contributed by atoms with E-state index in [0.717, 1.165) is 11.1 Å². The summed E-state index contributed by atoms with van der Waals surface area (Å²) >= 11 is 1.54. The number of phenolic OH excluding ortho intramolecular Hbond substituents is 1. The number of aromatic hydroxyl groups is 1. The van der Waals surface area contributed by atoms with Crippen LogP contribution < -0.4 is 0 Å². The maximum atomic E-state index is 11.1. The van der Waals surface area contributed by atoms with Crippen LogP contribution in [-0.4, -0.2) is 16.3 Å². The van der Waals surface area contributed by atoms with Crippen molar-refractivity contribution in [2.45, 2.75) is 6.42 Å².